The quantitative estimate of drug-likeness (QED) is 0.734. The average molecular weight is 315 g/mol. The van der Waals surface area contributed by atoms with E-state index in [-0.39, 0.29) is 6.10 Å². The van der Waals surface area contributed by atoms with Gasteiger partial charge in [0.2, 0.25) is 0 Å². The number of benzene rings is 1. The first-order valence-corrected chi connectivity index (χ1v) is 8.47. The normalized spacial score (nSPS) is 11.4. The maximum Gasteiger partial charge on any atom is 0.119 e. The summed E-state index contributed by atoms with van der Waals surface area (Å²) in [7, 11) is 4.15. The minimum atomic E-state index is 0.193. The van der Waals surface area contributed by atoms with E-state index >= 15 is 0 Å². The highest BCUT2D eigenvalue weighted by Gasteiger charge is 2.12. The molecule has 0 aliphatic heterocycles. The summed E-state index contributed by atoms with van der Waals surface area (Å²) in [6.07, 6.45) is 4.77. The summed E-state index contributed by atoms with van der Waals surface area (Å²) >= 11 is 0. The summed E-state index contributed by atoms with van der Waals surface area (Å²) in [6, 6.07) is 8.23. The Morgan fingerprint density at radius 1 is 1.22 bits per heavy atom. The lowest BCUT2D eigenvalue weighted by atomic mass is 10.1. The molecule has 126 valence electrons. The van der Waals surface area contributed by atoms with E-state index in [1.165, 1.54) is 18.4 Å². The van der Waals surface area contributed by atoms with Gasteiger partial charge in [-0.2, -0.15) is 5.10 Å². The van der Waals surface area contributed by atoms with Crippen LogP contribution in [0.2, 0.25) is 0 Å². The second kappa shape index (κ2) is 8.16. The average Bonchev–Trinajstić information content (AvgIpc) is 2.86. The first-order valence-electron chi connectivity index (χ1n) is 8.47. The molecule has 2 rings (SSSR count). The van der Waals surface area contributed by atoms with Crippen molar-refractivity contribution >= 4 is 0 Å². The molecule has 1 heterocycles. The van der Waals surface area contributed by atoms with Crippen LogP contribution in [0.25, 0.3) is 11.3 Å². The van der Waals surface area contributed by atoms with Crippen molar-refractivity contribution in [3.63, 3.8) is 0 Å². The zero-order chi connectivity index (χ0) is 16.8. The Balaban J connectivity index is 2.15. The van der Waals surface area contributed by atoms with Crippen molar-refractivity contribution in [3.8, 4) is 17.0 Å². The summed E-state index contributed by atoms with van der Waals surface area (Å²) < 4.78 is 7.62. The van der Waals surface area contributed by atoms with E-state index < -0.39 is 0 Å². The number of ether oxygens (including phenoxy) is 1. The fraction of sp³-hybridized carbons (Fsp3) is 0.526. The molecule has 0 atom stereocenters. The predicted octanol–water partition coefficient (Wildman–Crippen LogP) is 4.11. The summed E-state index contributed by atoms with van der Waals surface area (Å²) in [4.78, 5) is 2.36. The van der Waals surface area contributed by atoms with Crippen LogP contribution in [-0.4, -0.2) is 34.4 Å². The van der Waals surface area contributed by atoms with Crippen molar-refractivity contribution < 1.29 is 4.74 Å². The molecule has 0 saturated heterocycles. The molecule has 23 heavy (non-hydrogen) atoms. The second-order valence-corrected chi connectivity index (χ2v) is 6.46. The number of nitrogens with zero attached hydrogens (tertiary/aromatic N) is 3. The zero-order valence-electron chi connectivity index (χ0n) is 15.0. The Kier molecular flexibility index (Phi) is 6.22. The molecule has 0 radical (unpaired) electrons. The number of hydrogen-bond acceptors (Lipinski definition) is 3. The number of aryl methyl sites for hydroxylation is 1. The van der Waals surface area contributed by atoms with Crippen molar-refractivity contribution in [1.82, 2.24) is 14.7 Å². The maximum absolute atomic E-state index is 5.72. The van der Waals surface area contributed by atoms with Crippen LogP contribution in [0, 0.1) is 0 Å². The monoisotopic (exact) mass is 315 g/mol. The van der Waals surface area contributed by atoms with E-state index in [4.69, 9.17) is 4.74 Å². The van der Waals surface area contributed by atoms with Crippen LogP contribution in [-0.2, 0) is 13.6 Å². The van der Waals surface area contributed by atoms with Gasteiger partial charge in [-0.3, -0.25) is 4.68 Å². The van der Waals surface area contributed by atoms with Crippen LogP contribution in [0.3, 0.4) is 0 Å². The molecule has 1 aromatic carbocycles. The van der Waals surface area contributed by atoms with Crippen LogP contribution in [0.4, 0.5) is 0 Å². The van der Waals surface area contributed by atoms with E-state index in [0.29, 0.717) is 0 Å². The highest BCUT2D eigenvalue weighted by molar-refractivity contribution is 5.63. The molecule has 4 heteroatoms. The Bertz CT molecular complexity index is 602. The number of unbranched alkanes of at least 4 members (excludes halogenated alkanes) is 1. The summed E-state index contributed by atoms with van der Waals surface area (Å²) in [5.74, 6) is 0.904. The molecule has 4 nitrogen and oxygen atoms in total. The number of aromatic nitrogens is 2. The lowest BCUT2D eigenvalue weighted by Crippen LogP contribution is -2.19. The van der Waals surface area contributed by atoms with Crippen LogP contribution in [0.15, 0.2) is 30.5 Å². The first-order chi connectivity index (χ1) is 11.0. The van der Waals surface area contributed by atoms with Gasteiger partial charge < -0.3 is 9.64 Å². The van der Waals surface area contributed by atoms with Gasteiger partial charge in [0.15, 0.2) is 0 Å². The predicted molar refractivity (Wildman–Crippen MR) is 95.7 cm³/mol. The van der Waals surface area contributed by atoms with E-state index in [0.717, 1.165) is 30.1 Å². The van der Waals surface area contributed by atoms with Crippen molar-refractivity contribution in [2.75, 3.05) is 13.6 Å². The van der Waals surface area contributed by atoms with Gasteiger partial charge in [0.25, 0.3) is 0 Å². The van der Waals surface area contributed by atoms with Crippen molar-refractivity contribution in [2.45, 2.75) is 46.3 Å². The first kappa shape index (κ1) is 17.5. The van der Waals surface area contributed by atoms with E-state index in [9.17, 15) is 0 Å². The van der Waals surface area contributed by atoms with Gasteiger partial charge in [0.1, 0.15) is 5.75 Å². The maximum atomic E-state index is 5.72. The van der Waals surface area contributed by atoms with Gasteiger partial charge in [-0.25, -0.2) is 0 Å². The van der Waals surface area contributed by atoms with Gasteiger partial charge in [-0.1, -0.05) is 13.3 Å². The fourth-order valence-corrected chi connectivity index (χ4v) is 2.66. The molecule has 0 unspecified atom stereocenters. The minimum Gasteiger partial charge on any atom is -0.491 e. The summed E-state index contributed by atoms with van der Waals surface area (Å²) in [5, 5.41) is 4.65. The third-order valence-corrected chi connectivity index (χ3v) is 3.74. The van der Waals surface area contributed by atoms with E-state index in [1.807, 2.05) is 37.7 Å². The lowest BCUT2D eigenvalue weighted by Gasteiger charge is -2.16. The highest BCUT2D eigenvalue weighted by Crippen LogP contribution is 2.25. The van der Waals surface area contributed by atoms with Crippen LogP contribution in [0.5, 0.6) is 5.75 Å². The SMILES string of the molecule is CCCCN(C)Cc1cn(C)nc1-c1ccc(OC(C)C)cc1. The van der Waals surface area contributed by atoms with Gasteiger partial charge in [-0.05, 0) is 58.1 Å². The second-order valence-electron chi connectivity index (χ2n) is 6.46. The highest BCUT2D eigenvalue weighted by atomic mass is 16.5. The van der Waals surface area contributed by atoms with Gasteiger partial charge in [-0.15, -0.1) is 0 Å². The van der Waals surface area contributed by atoms with E-state index in [1.54, 1.807) is 0 Å². The standard InChI is InChI=1S/C19H29N3O/c1-6-7-12-21(4)13-17-14-22(5)20-19(17)16-8-10-18(11-9-16)23-15(2)3/h8-11,14-15H,6-7,12-13H2,1-5H3. The minimum absolute atomic E-state index is 0.193. The van der Waals surface area contributed by atoms with Crippen LogP contribution in [0.1, 0.15) is 39.2 Å². The molecule has 0 amide bonds. The summed E-state index contributed by atoms with van der Waals surface area (Å²) in [5.41, 5.74) is 3.47. The Hall–Kier alpha value is -1.81. The third-order valence-electron chi connectivity index (χ3n) is 3.74. The topological polar surface area (TPSA) is 30.3 Å². The van der Waals surface area contributed by atoms with Gasteiger partial charge in [0, 0.05) is 30.9 Å². The molecule has 0 spiro atoms. The molecule has 0 saturated carbocycles. The van der Waals surface area contributed by atoms with Gasteiger partial charge >= 0.3 is 0 Å². The third kappa shape index (κ3) is 5.10. The lowest BCUT2D eigenvalue weighted by molar-refractivity contribution is 0.242. The number of hydrogen-bond donors (Lipinski definition) is 0. The van der Waals surface area contributed by atoms with Crippen molar-refractivity contribution in [1.29, 1.82) is 0 Å². The Morgan fingerprint density at radius 2 is 1.91 bits per heavy atom. The molecule has 1 aromatic heterocycles. The smallest absolute Gasteiger partial charge is 0.119 e. The van der Waals surface area contributed by atoms with E-state index in [2.05, 4.69) is 42.3 Å². The van der Waals surface area contributed by atoms with Crippen LogP contribution >= 0.6 is 0 Å². The molecule has 2 aromatic rings. The summed E-state index contributed by atoms with van der Waals surface area (Å²) in [6.45, 7) is 8.34. The molecule has 0 fully saturated rings. The van der Waals surface area contributed by atoms with Gasteiger partial charge in [0.05, 0.1) is 11.8 Å². The molecule has 0 N–H and O–H groups in total. The molecular weight excluding hydrogens is 286 g/mol. The Labute approximate surface area is 140 Å². The largest absolute Gasteiger partial charge is 0.491 e. The molecule has 0 aliphatic rings. The Morgan fingerprint density at radius 3 is 2.52 bits per heavy atom. The molecular formula is C19H29N3O. The zero-order valence-corrected chi connectivity index (χ0v) is 15.0. The fourth-order valence-electron chi connectivity index (χ4n) is 2.66. The molecule has 0 bridgehead atoms. The molecule has 0 aliphatic carbocycles. The van der Waals surface area contributed by atoms with Crippen molar-refractivity contribution in [3.05, 3.63) is 36.0 Å². The van der Waals surface area contributed by atoms with Crippen LogP contribution < -0.4 is 4.74 Å². The number of rotatable bonds is 8. The van der Waals surface area contributed by atoms with Crippen molar-refractivity contribution in [2.24, 2.45) is 7.05 Å².